The van der Waals surface area contributed by atoms with Crippen LogP contribution in [0.3, 0.4) is 0 Å². The molecule has 1 aliphatic heterocycles. The van der Waals surface area contributed by atoms with Gasteiger partial charge in [0.05, 0.1) is 22.8 Å². The van der Waals surface area contributed by atoms with Crippen LogP contribution < -0.4 is 4.31 Å². The average Bonchev–Trinajstić information content (AvgIpc) is 2.79. The van der Waals surface area contributed by atoms with E-state index in [1.807, 2.05) is 0 Å². The maximum atomic E-state index is 12.2. The fraction of sp³-hybridized carbons (Fsp3) is 0.417. The number of benzene rings is 1. The minimum absolute atomic E-state index is 0.000960. The highest BCUT2D eigenvalue weighted by molar-refractivity contribution is 7.95. The van der Waals surface area contributed by atoms with Gasteiger partial charge < -0.3 is 5.11 Å². The number of anilines is 1. The van der Waals surface area contributed by atoms with Crippen LogP contribution >= 0.6 is 0 Å². The van der Waals surface area contributed by atoms with Crippen molar-refractivity contribution in [2.45, 2.75) is 6.42 Å². The molecule has 0 bridgehead atoms. The van der Waals surface area contributed by atoms with Crippen LogP contribution in [0.5, 0.6) is 0 Å². The molecule has 21 heavy (non-hydrogen) atoms. The Morgan fingerprint density at radius 1 is 1.24 bits per heavy atom. The molecule has 0 aliphatic carbocycles. The number of hydrogen-bond acceptors (Lipinski definition) is 5. The molecule has 1 aliphatic rings. The molecule has 0 spiro atoms. The number of carboxylic acids is 1. The molecule has 1 N–H and O–H groups in total. The van der Waals surface area contributed by atoms with Gasteiger partial charge in [-0.1, -0.05) is 6.07 Å². The zero-order valence-electron chi connectivity index (χ0n) is 11.3. The Labute approximate surface area is 123 Å². The third kappa shape index (κ3) is 3.53. The van der Waals surface area contributed by atoms with Gasteiger partial charge in [-0.15, -0.1) is 0 Å². The summed E-state index contributed by atoms with van der Waals surface area (Å²) in [6, 6.07) is 4.32. The number of hydrogen-bond donors (Lipinski definition) is 1. The lowest BCUT2D eigenvalue weighted by Crippen LogP contribution is -2.33. The molecule has 0 amide bonds. The Morgan fingerprint density at radius 2 is 1.90 bits per heavy atom. The van der Waals surface area contributed by atoms with Crippen molar-refractivity contribution < 1.29 is 26.7 Å². The minimum Gasteiger partial charge on any atom is -0.478 e. The molecule has 1 aromatic carbocycles. The van der Waals surface area contributed by atoms with Crippen molar-refractivity contribution in [3.63, 3.8) is 0 Å². The third-order valence-electron chi connectivity index (χ3n) is 3.23. The zero-order valence-corrected chi connectivity index (χ0v) is 12.9. The Bertz CT molecular complexity index is 782. The van der Waals surface area contributed by atoms with Gasteiger partial charge in [-0.3, -0.25) is 4.31 Å². The highest BCUT2D eigenvalue weighted by atomic mass is 32.2. The van der Waals surface area contributed by atoms with Crippen LogP contribution in [0.2, 0.25) is 0 Å². The van der Waals surface area contributed by atoms with E-state index in [4.69, 9.17) is 5.11 Å². The van der Waals surface area contributed by atoms with Crippen molar-refractivity contribution in [2.75, 3.05) is 28.6 Å². The fourth-order valence-electron chi connectivity index (χ4n) is 2.14. The summed E-state index contributed by atoms with van der Waals surface area (Å²) in [6.07, 6.45) is 1.45. The number of carboxylic acid groups (broad SMARTS) is 1. The summed E-state index contributed by atoms with van der Waals surface area (Å²) in [5, 5.41) is 8.97. The lowest BCUT2D eigenvalue weighted by atomic mass is 10.1. The maximum absolute atomic E-state index is 12.2. The predicted octanol–water partition coefficient (Wildman–Crippen LogP) is 0.122. The monoisotopic (exact) mass is 333 g/mol. The van der Waals surface area contributed by atoms with Crippen LogP contribution in [-0.4, -0.2) is 52.2 Å². The SMILES string of the molecule is CS(=O)(=O)CCS(=O)(=O)N1CCc2ccc(C(=O)O)cc21. The van der Waals surface area contributed by atoms with Crippen LogP contribution in [0.1, 0.15) is 15.9 Å². The van der Waals surface area contributed by atoms with Gasteiger partial charge in [-0.05, 0) is 24.1 Å². The minimum atomic E-state index is -3.79. The van der Waals surface area contributed by atoms with E-state index in [1.54, 1.807) is 6.07 Å². The summed E-state index contributed by atoms with van der Waals surface area (Å²) >= 11 is 0. The highest BCUT2D eigenvalue weighted by Crippen LogP contribution is 2.31. The second-order valence-corrected chi connectivity index (χ2v) is 9.19. The molecule has 0 atom stereocenters. The van der Waals surface area contributed by atoms with Crippen LogP contribution in [0.25, 0.3) is 0 Å². The summed E-state index contributed by atoms with van der Waals surface area (Å²) in [5.41, 5.74) is 1.06. The molecule has 116 valence electrons. The van der Waals surface area contributed by atoms with Crippen molar-refractivity contribution in [1.29, 1.82) is 0 Å². The van der Waals surface area contributed by atoms with Crippen molar-refractivity contribution in [3.05, 3.63) is 29.3 Å². The van der Waals surface area contributed by atoms with E-state index >= 15 is 0 Å². The maximum Gasteiger partial charge on any atom is 0.335 e. The van der Waals surface area contributed by atoms with Crippen LogP contribution in [0, 0.1) is 0 Å². The van der Waals surface area contributed by atoms with Gasteiger partial charge in [-0.25, -0.2) is 21.6 Å². The molecule has 0 saturated carbocycles. The molecule has 1 aromatic rings. The van der Waals surface area contributed by atoms with Crippen molar-refractivity contribution in [2.24, 2.45) is 0 Å². The van der Waals surface area contributed by atoms with Gasteiger partial charge in [0, 0.05) is 12.8 Å². The molecule has 1 heterocycles. The first-order valence-corrected chi connectivity index (χ1v) is 9.81. The number of aromatic carboxylic acids is 1. The summed E-state index contributed by atoms with van der Waals surface area (Å²) in [7, 11) is -7.17. The smallest absolute Gasteiger partial charge is 0.335 e. The summed E-state index contributed by atoms with van der Waals surface area (Å²) in [5.74, 6) is -2.11. The second-order valence-electron chi connectivity index (χ2n) is 4.92. The van der Waals surface area contributed by atoms with Crippen LogP contribution in [-0.2, 0) is 26.3 Å². The normalized spacial score (nSPS) is 15.0. The lowest BCUT2D eigenvalue weighted by molar-refractivity contribution is 0.0697. The standard InChI is InChI=1S/C12H15NO6S2/c1-20(16,17)6-7-21(18,19)13-5-4-9-2-3-10(12(14)15)8-11(9)13/h2-3,8H,4-7H2,1H3,(H,14,15). The molecule has 7 nitrogen and oxygen atoms in total. The Kier molecular flexibility index (Phi) is 3.98. The summed E-state index contributed by atoms with van der Waals surface area (Å²) < 4.78 is 47.8. The van der Waals surface area contributed by atoms with Gasteiger partial charge in [0.15, 0.2) is 0 Å². The first-order chi connectivity index (χ1) is 9.60. The van der Waals surface area contributed by atoms with E-state index in [2.05, 4.69) is 0 Å². The quantitative estimate of drug-likeness (QED) is 0.820. The number of rotatable bonds is 5. The average molecular weight is 333 g/mol. The van der Waals surface area contributed by atoms with Gasteiger partial charge in [0.25, 0.3) is 0 Å². The number of sulfonamides is 1. The van der Waals surface area contributed by atoms with E-state index in [0.29, 0.717) is 12.1 Å². The molecule has 0 fully saturated rings. The Balaban J connectivity index is 2.33. The van der Waals surface area contributed by atoms with E-state index < -0.39 is 37.3 Å². The zero-order chi connectivity index (χ0) is 15.8. The fourth-order valence-corrected chi connectivity index (χ4v) is 5.25. The Morgan fingerprint density at radius 3 is 2.48 bits per heavy atom. The summed E-state index contributed by atoms with van der Waals surface area (Å²) in [6.45, 7) is 0.199. The number of carbonyl (C=O) groups is 1. The van der Waals surface area contributed by atoms with E-state index in [1.165, 1.54) is 12.1 Å². The van der Waals surface area contributed by atoms with Gasteiger partial charge in [-0.2, -0.15) is 0 Å². The third-order valence-corrected chi connectivity index (χ3v) is 6.21. The number of fused-ring (bicyclic) bond motifs is 1. The molecular formula is C12H15NO6S2. The largest absolute Gasteiger partial charge is 0.478 e. The van der Waals surface area contributed by atoms with Gasteiger partial charge in [0.2, 0.25) is 10.0 Å². The molecule has 0 unspecified atom stereocenters. The van der Waals surface area contributed by atoms with E-state index in [0.717, 1.165) is 16.1 Å². The van der Waals surface area contributed by atoms with Crippen molar-refractivity contribution in [3.8, 4) is 0 Å². The van der Waals surface area contributed by atoms with Gasteiger partial charge in [0.1, 0.15) is 9.84 Å². The molecule has 9 heteroatoms. The van der Waals surface area contributed by atoms with E-state index in [-0.39, 0.29) is 12.1 Å². The van der Waals surface area contributed by atoms with Crippen LogP contribution in [0.15, 0.2) is 18.2 Å². The Hall–Kier alpha value is -1.61. The van der Waals surface area contributed by atoms with Gasteiger partial charge >= 0.3 is 5.97 Å². The predicted molar refractivity (Wildman–Crippen MR) is 77.9 cm³/mol. The molecule has 2 rings (SSSR count). The molecule has 0 radical (unpaired) electrons. The first kappa shape index (κ1) is 15.8. The molecule has 0 aromatic heterocycles. The van der Waals surface area contributed by atoms with E-state index in [9.17, 15) is 21.6 Å². The lowest BCUT2D eigenvalue weighted by Gasteiger charge is -2.19. The number of sulfone groups is 1. The molecular weight excluding hydrogens is 318 g/mol. The highest BCUT2D eigenvalue weighted by Gasteiger charge is 2.30. The van der Waals surface area contributed by atoms with Crippen LogP contribution in [0.4, 0.5) is 5.69 Å². The number of nitrogens with zero attached hydrogens (tertiary/aromatic N) is 1. The van der Waals surface area contributed by atoms with Crippen molar-refractivity contribution in [1.82, 2.24) is 0 Å². The molecule has 0 saturated heterocycles. The second kappa shape index (κ2) is 5.30. The topological polar surface area (TPSA) is 109 Å². The summed E-state index contributed by atoms with van der Waals surface area (Å²) in [4.78, 5) is 11.0. The first-order valence-electron chi connectivity index (χ1n) is 6.14. The van der Waals surface area contributed by atoms with Crippen molar-refractivity contribution >= 4 is 31.5 Å².